The molecule has 130 valence electrons. The summed E-state index contributed by atoms with van der Waals surface area (Å²) < 4.78 is 1.59. The van der Waals surface area contributed by atoms with Gasteiger partial charge in [-0.2, -0.15) is 16.4 Å². The van der Waals surface area contributed by atoms with Crippen LogP contribution in [0.4, 0.5) is 0 Å². The molecule has 0 aromatic carbocycles. The molecule has 0 radical (unpaired) electrons. The number of nitrogens with one attached hydrogen (secondary N) is 2. The van der Waals surface area contributed by atoms with Gasteiger partial charge in [-0.15, -0.1) is 11.3 Å². The number of thiophene rings is 1. The highest BCUT2D eigenvalue weighted by Gasteiger charge is 2.17. The van der Waals surface area contributed by atoms with Gasteiger partial charge in [-0.05, 0) is 38.3 Å². The van der Waals surface area contributed by atoms with Gasteiger partial charge in [0.05, 0.1) is 11.4 Å². The lowest BCUT2D eigenvalue weighted by molar-refractivity contribution is -0.122. The van der Waals surface area contributed by atoms with Crippen LogP contribution in [0.2, 0.25) is 0 Å². The Hall–Kier alpha value is -2.52. The molecule has 0 unspecified atom stereocenters. The summed E-state index contributed by atoms with van der Waals surface area (Å²) in [6.07, 6.45) is 0. The molecule has 7 nitrogen and oxygen atoms in total. The second-order valence-corrected chi connectivity index (χ2v) is 7.31. The Morgan fingerprint density at radius 3 is 2.68 bits per heavy atom. The first kappa shape index (κ1) is 17.3. The Kier molecular flexibility index (Phi) is 4.95. The van der Waals surface area contributed by atoms with E-state index in [1.54, 1.807) is 22.9 Å². The number of amides is 2. The van der Waals surface area contributed by atoms with E-state index in [0.717, 1.165) is 22.0 Å². The maximum atomic E-state index is 12.3. The Balaban J connectivity index is 1.61. The van der Waals surface area contributed by atoms with Crippen LogP contribution in [0.15, 0.2) is 22.9 Å². The Bertz CT molecular complexity index is 911. The van der Waals surface area contributed by atoms with Crippen LogP contribution in [0.1, 0.15) is 26.8 Å². The van der Waals surface area contributed by atoms with Crippen molar-refractivity contribution in [2.75, 3.05) is 0 Å². The predicted octanol–water partition coefficient (Wildman–Crippen LogP) is 2.45. The van der Waals surface area contributed by atoms with Crippen molar-refractivity contribution in [1.29, 1.82) is 0 Å². The molecule has 25 heavy (non-hydrogen) atoms. The zero-order chi connectivity index (χ0) is 18.0. The minimum absolute atomic E-state index is 0.0434. The molecule has 0 spiro atoms. The zero-order valence-electron chi connectivity index (χ0n) is 14.0. The van der Waals surface area contributed by atoms with Crippen molar-refractivity contribution in [2.24, 2.45) is 0 Å². The van der Waals surface area contributed by atoms with Gasteiger partial charge in [0.25, 0.3) is 11.8 Å². The molecule has 0 saturated heterocycles. The van der Waals surface area contributed by atoms with Gasteiger partial charge in [-0.3, -0.25) is 25.1 Å². The number of hydrazine groups is 1. The van der Waals surface area contributed by atoms with Gasteiger partial charge in [-0.1, -0.05) is 0 Å². The van der Waals surface area contributed by atoms with E-state index < -0.39 is 0 Å². The lowest BCUT2D eigenvalue weighted by Gasteiger charge is -2.07. The molecule has 2 N–H and O–H groups in total. The van der Waals surface area contributed by atoms with E-state index in [-0.39, 0.29) is 18.4 Å². The first-order valence-corrected chi connectivity index (χ1v) is 9.30. The van der Waals surface area contributed by atoms with Gasteiger partial charge >= 0.3 is 0 Å². The molecule has 3 rings (SSSR count). The fraction of sp³-hybridized carbons (Fsp3) is 0.250. The third-order valence-electron chi connectivity index (χ3n) is 3.48. The number of thiazole rings is 1. The van der Waals surface area contributed by atoms with Gasteiger partial charge in [0.2, 0.25) is 0 Å². The van der Waals surface area contributed by atoms with E-state index in [2.05, 4.69) is 20.9 Å². The predicted molar refractivity (Wildman–Crippen MR) is 97.5 cm³/mol. The first-order valence-electron chi connectivity index (χ1n) is 7.54. The highest BCUT2D eigenvalue weighted by atomic mass is 32.1. The van der Waals surface area contributed by atoms with Crippen LogP contribution in [-0.4, -0.2) is 26.6 Å². The summed E-state index contributed by atoms with van der Waals surface area (Å²) in [5, 5.41) is 8.95. The highest BCUT2D eigenvalue weighted by Crippen LogP contribution is 2.29. The second kappa shape index (κ2) is 7.16. The molecule has 0 saturated carbocycles. The van der Waals surface area contributed by atoms with Crippen LogP contribution in [0.5, 0.6) is 0 Å². The van der Waals surface area contributed by atoms with Crippen molar-refractivity contribution in [2.45, 2.75) is 27.3 Å². The van der Waals surface area contributed by atoms with E-state index in [4.69, 9.17) is 0 Å². The zero-order valence-corrected chi connectivity index (χ0v) is 15.6. The first-order chi connectivity index (χ1) is 11.9. The SMILES string of the molecule is Cc1cc(C)n(CC(=O)NNC(=O)c2sc(-c3ccsc3)nc2C)n1. The fourth-order valence-electron chi connectivity index (χ4n) is 2.31. The van der Waals surface area contributed by atoms with Crippen molar-refractivity contribution < 1.29 is 9.59 Å². The van der Waals surface area contributed by atoms with Crippen LogP contribution < -0.4 is 10.9 Å². The van der Waals surface area contributed by atoms with Crippen LogP contribution in [-0.2, 0) is 11.3 Å². The van der Waals surface area contributed by atoms with Gasteiger partial charge in [0.15, 0.2) is 0 Å². The van der Waals surface area contributed by atoms with E-state index in [9.17, 15) is 9.59 Å². The molecule has 3 heterocycles. The number of hydrogen-bond acceptors (Lipinski definition) is 6. The van der Waals surface area contributed by atoms with Crippen LogP contribution in [0.25, 0.3) is 10.6 Å². The monoisotopic (exact) mass is 375 g/mol. The average Bonchev–Trinajstić information content (AvgIpc) is 3.26. The Morgan fingerprint density at radius 2 is 2.04 bits per heavy atom. The lowest BCUT2D eigenvalue weighted by Crippen LogP contribution is -2.43. The van der Waals surface area contributed by atoms with Crippen molar-refractivity contribution in [3.63, 3.8) is 0 Å². The van der Waals surface area contributed by atoms with Crippen molar-refractivity contribution >= 4 is 34.5 Å². The lowest BCUT2D eigenvalue weighted by atomic mass is 10.3. The number of carbonyl (C=O) groups excluding carboxylic acids is 2. The number of rotatable bonds is 4. The number of nitrogens with zero attached hydrogens (tertiary/aromatic N) is 3. The molecule has 3 aromatic heterocycles. The third kappa shape index (κ3) is 3.94. The number of aryl methyl sites for hydroxylation is 3. The molecule has 0 aliphatic carbocycles. The molecule has 0 fully saturated rings. The van der Waals surface area contributed by atoms with Crippen LogP contribution >= 0.6 is 22.7 Å². The topological polar surface area (TPSA) is 88.9 Å². The third-order valence-corrected chi connectivity index (χ3v) is 5.37. The van der Waals surface area contributed by atoms with Crippen molar-refractivity contribution in [3.8, 4) is 10.6 Å². The van der Waals surface area contributed by atoms with Gasteiger partial charge in [0, 0.05) is 16.6 Å². The fourth-order valence-corrected chi connectivity index (χ4v) is 3.98. The molecule has 0 atom stereocenters. The second-order valence-electron chi connectivity index (χ2n) is 5.53. The van der Waals surface area contributed by atoms with Gasteiger partial charge < -0.3 is 0 Å². The van der Waals surface area contributed by atoms with E-state index >= 15 is 0 Å². The summed E-state index contributed by atoms with van der Waals surface area (Å²) in [6, 6.07) is 3.85. The molecule has 2 amide bonds. The summed E-state index contributed by atoms with van der Waals surface area (Å²) in [7, 11) is 0. The maximum absolute atomic E-state index is 12.3. The molecule has 3 aromatic rings. The van der Waals surface area contributed by atoms with E-state index in [0.29, 0.717) is 10.6 Å². The minimum atomic E-state index is -0.377. The summed E-state index contributed by atoms with van der Waals surface area (Å²) in [5.74, 6) is -0.724. The van der Waals surface area contributed by atoms with Crippen LogP contribution in [0.3, 0.4) is 0 Å². The number of hydrogen-bond donors (Lipinski definition) is 2. The number of carbonyl (C=O) groups is 2. The van der Waals surface area contributed by atoms with Crippen LogP contribution in [0, 0.1) is 20.8 Å². The number of aromatic nitrogens is 3. The van der Waals surface area contributed by atoms with Gasteiger partial charge in [-0.25, -0.2) is 4.98 Å². The maximum Gasteiger partial charge on any atom is 0.281 e. The smallest absolute Gasteiger partial charge is 0.271 e. The standard InChI is InChI=1S/C16H17N5O2S2/c1-9-6-10(2)21(20-9)7-13(22)18-19-15(23)14-11(3)17-16(25-14)12-4-5-24-8-12/h4-6,8H,7H2,1-3H3,(H,18,22)(H,19,23). The average molecular weight is 375 g/mol. The molecule has 0 aliphatic heterocycles. The summed E-state index contributed by atoms with van der Waals surface area (Å²) in [5.41, 5.74) is 8.21. The molecule has 9 heteroatoms. The molecular weight excluding hydrogens is 358 g/mol. The molecule has 0 aliphatic rings. The molecule has 0 bridgehead atoms. The Morgan fingerprint density at radius 1 is 1.24 bits per heavy atom. The van der Waals surface area contributed by atoms with E-state index in [1.165, 1.54) is 11.3 Å². The molecular formula is C16H17N5O2S2. The Labute approximate surface area is 152 Å². The summed E-state index contributed by atoms with van der Waals surface area (Å²) in [6.45, 7) is 5.56. The van der Waals surface area contributed by atoms with Crippen molar-refractivity contribution in [1.82, 2.24) is 25.6 Å². The summed E-state index contributed by atoms with van der Waals surface area (Å²) in [4.78, 5) is 29.2. The summed E-state index contributed by atoms with van der Waals surface area (Å²) >= 11 is 2.88. The quantitative estimate of drug-likeness (QED) is 0.686. The largest absolute Gasteiger partial charge is 0.281 e. The minimum Gasteiger partial charge on any atom is -0.271 e. The normalized spacial score (nSPS) is 10.7. The van der Waals surface area contributed by atoms with Gasteiger partial charge in [0.1, 0.15) is 16.4 Å². The van der Waals surface area contributed by atoms with Crippen molar-refractivity contribution in [3.05, 3.63) is 44.9 Å². The van der Waals surface area contributed by atoms with E-state index in [1.807, 2.05) is 36.7 Å². The highest BCUT2D eigenvalue weighted by molar-refractivity contribution is 7.17.